The van der Waals surface area contributed by atoms with Crippen LogP contribution in [-0.4, -0.2) is 38.6 Å². The zero-order valence-electron chi connectivity index (χ0n) is 25.1. The lowest BCUT2D eigenvalue weighted by Gasteiger charge is -2.28. The van der Waals surface area contributed by atoms with E-state index in [1.54, 1.807) is 25.3 Å². The Morgan fingerprint density at radius 3 is 1.98 bits per heavy atom. The number of benzene rings is 3. The number of rotatable bonds is 10. The predicted octanol–water partition coefficient (Wildman–Crippen LogP) is 9.18. The molecule has 0 amide bonds. The van der Waals surface area contributed by atoms with Crippen LogP contribution in [0.25, 0.3) is 0 Å². The fourth-order valence-corrected chi connectivity index (χ4v) is 6.10. The van der Waals surface area contributed by atoms with Gasteiger partial charge in [0.1, 0.15) is 17.2 Å². The minimum Gasteiger partial charge on any atom is -0.497 e. The summed E-state index contributed by atoms with van der Waals surface area (Å²) in [7, 11) is -0.375. The molecular weight excluding hydrogens is 533 g/mol. The summed E-state index contributed by atoms with van der Waals surface area (Å²) in [5.41, 5.74) is 1.27. The first-order valence-corrected chi connectivity index (χ1v) is 15.7. The van der Waals surface area contributed by atoms with Gasteiger partial charge in [-0.05, 0) is 67.6 Å². The van der Waals surface area contributed by atoms with Crippen molar-refractivity contribution < 1.29 is 23.1 Å². The highest BCUT2D eigenvalue weighted by atomic mass is 31.2. The van der Waals surface area contributed by atoms with Crippen molar-refractivity contribution in [3.8, 4) is 17.2 Å². The van der Waals surface area contributed by atoms with Crippen LogP contribution in [0.5, 0.6) is 17.2 Å². The van der Waals surface area contributed by atoms with E-state index in [9.17, 15) is 4.57 Å². The summed E-state index contributed by atoms with van der Waals surface area (Å²) >= 11 is 0. The lowest BCUT2D eigenvalue weighted by molar-refractivity contribution is 0.214. The lowest BCUT2D eigenvalue weighted by atomic mass is 9.83. The van der Waals surface area contributed by atoms with Crippen LogP contribution in [0.2, 0.25) is 0 Å². The molecule has 6 nitrogen and oxygen atoms in total. The highest BCUT2D eigenvalue weighted by Crippen LogP contribution is 2.53. The van der Waals surface area contributed by atoms with Crippen molar-refractivity contribution in [1.29, 1.82) is 0 Å². The molecule has 4 rings (SSSR count). The Hall–Kier alpha value is -3.31. The Bertz CT molecular complexity index is 1180. The van der Waals surface area contributed by atoms with E-state index < -0.39 is 7.75 Å². The second-order valence-corrected chi connectivity index (χ2v) is 11.2. The monoisotopic (exact) mass is 579 g/mol. The maximum absolute atomic E-state index is 13.7. The van der Waals surface area contributed by atoms with E-state index in [4.69, 9.17) is 18.5 Å². The molecule has 0 aliphatic carbocycles. The molecule has 0 aromatic heterocycles. The number of allylic oxidation sites excluding steroid dienone is 3. The Labute approximate surface area is 247 Å². The third-order valence-corrected chi connectivity index (χ3v) is 8.64. The molecule has 1 aliphatic rings. The normalized spacial score (nSPS) is 18.4. The summed E-state index contributed by atoms with van der Waals surface area (Å²) in [6, 6.07) is 27.3. The second kappa shape index (κ2) is 18.9. The van der Waals surface area contributed by atoms with Crippen LogP contribution >= 0.6 is 7.75 Å². The van der Waals surface area contributed by atoms with Gasteiger partial charge in [0.25, 0.3) is 0 Å². The van der Waals surface area contributed by atoms with E-state index in [2.05, 4.69) is 30.8 Å². The van der Waals surface area contributed by atoms with Gasteiger partial charge in [0.05, 0.1) is 13.7 Å². The average Bonchev–Trinajstić information content (AvgIpc) is 3.26. The minimum atomic E-state index is -3.48. The van der Waals surface area contributed by atoms with Gasteiger partial charge in [0.15, 0.2) is 0 Å². The van der Waals surface area contributed by atoms with Gasteiger partial charge in [0.2, 0.25) is 0 Å². The zero-order chi connectivity index (χ0) is 29.9. The van der Waals surface area contributed by atoms with E-state index in [1.807, 2.05) is 86.1 Å². The van der Waals surface area contributed by atoms with E-state index in [-0.39, 0.29) is 11.8 Å². The molecule has 1 heterocycles. The fraction of sp³-hybridized carbons (Fsp3) is 0.353. The number of nitrogens with zero attached hydrogens (tertiary/aromatic N) is 1. The molecule has 1 aliphatic heterocycles. The molecule has 222 valence electrons. The Morgan fingerprint density at radius 1 is 0.854 bits per heavy atom. The summed E-state index contributed by atoms with van der Waals surface area (Å²) < 4.78 is 38.4. The van der Waals surface area contributed by atoms with Crippen LogP contribution in [0.4, 0.5) is 0 Å². The number of hydrogen-bond acceptors (Lipinski definition) is 5. The molecule has 1 fully saturated rings. The quantitative estimate of drug-likeness (QED) is 0.176. The molecule has 0 bridgehead atoms. The van der Waals surface area contributed by atoms with E-state index >= 15 is 0 Å². The molecule has 41 heavy (non-hydrogen) atoms. The predicted molar refractivity (Wildman–Crippen MR) is 170 cm³/mol. The van der Waals surface area contributed by atoms with Crippen LogP contribution in [0.15, 0.2) is 110 Å². The van der Waals surface area contributed by atoms with Gasteiger partial charge in [-0.25, -0.2) is 4.57 Å². The first-order chi connectivity index (χ1) is 20.0. The lowest BCUT2D eigenvalue weighted by Crippen LogP contribution is -2.25. The maximum Gasteiger partial charge on any atom is 0.461 e. The topological polar surface area (TPSA) is 57.2 Å². The minimum absolute atomic E-state index is 0.247. The molecule has 1 saturated heterocycles. The fourth-order valence-electron chi connectivity index (χ4n) is 4.57. The van der Waals surface area contributed by atoms with Crippen molar-refractivity contribution in [3.63, 3.8) is 0 Å². The van der Waals surface area contributed by atoms with Gasteiger partial charge in [-0.2, -0.15) is 4.67 Å². The van der Waals surface area contributed by atoms with E-state index in [0.717, 1.165) is 24.3 Å². The average molecular weight is 580 g/mol. The first-order valence-electron chi connectivity index (χ1n) is 14.2. The van der Waals surface area contributed by atoms with E-state index in [0.29, 0.717) is 25.4 Å². The smallest absolute Gasteiger partial charge is 0.461 e. The van der Waals surface area contributed by atoms with Crippen molar-refractivity contribution in [1.82, 2.24) is 4.67 Å². The number of para-hydroxylation sites is 1. The van der Waals surface area contributed by atoms with Crippen LogP contribution < -0.4 is 14.0 Å². The molecule has 0 N–H and O–H groups in total. The van der Waals surface area contributed by atoms with Crippen LogP contribution in [-0.2, 0) is 9.09 Å². The summed E-state index contributed by atoms with van der Waals surface area (Å²) in [6.07, 6.45) is 7.21. The molecule has 7 heteroatoms. The third kappa shape index (κ3) is 10.9. The van der Waals surface area contributed by atoms with E-state index in [1.165, 1.54) is 12.7 Å². The molecule has 0 spiro atoms. The van der Waals surface area contributed by atoms with Crippen LogP contribution in [0, 0.1) is 5.92 Å². The maximum atomic E-state index is 13.7. The van der Waals surface area contributed by atoms with Gasteiger partial charge in [-0.15, -0.1) is 0 Å². The molecule has 3 aromatic carbocycles. The van der Waals surface area contributed by atoms with Crippen molar-refractivity contribution in [3.05, 3.63) is 115 Å². The second-order valence-electron chi connectivity index (χ2n) is 9.11. The standard InChI is InChI=1S/C27H32NO5P.C5H8.C2H6/c1-30-24-13-15-25(16-14-24)32-21-23-17-19-28(20-18-27(23)22-9-5-3-6-10-22)34(29,31-2)33-26-11-7-4-8-12-26;1-3-5-4-2;1-2/h3-16,23,27H,17-21H2,1-2H3;3-5H,1H2,2H3;1-2H3/b;5-4-;. The number of hydrogen-bond donors (Lipinski definition) is 0. The number of ether oxygens (including phenoxy) is 2. The Kier molecular flexibility index (Phi) is 15.6. The van der Waals surface area contributed by atoms with Crippen molar-refractivity contribution in [2.75, 3.05) is 33.9 Å². The molecule has 3 unspecified atom stereocenters. The molecule has 3 aromatic rings. The highest BCUT2D eigenvalue weighted by molar-refractivity contribution is 7.51. The largest absolute Gasteiger partial charge is 0.497 e. The molecular formula is C34H46NO5P. The summed E-state index contributed by atoms with van der Waals surface area (Å²) in [5, 5.41) is 0. The first kappa shape index (κ1) is 33.9. The van der Waals surface area contributed by atoms with Crippen molar-refractivity contribution >= 4 is 7.75 Å². The van der Waals surface area contributed by atoms with Gasteiger partial charge in [-0.3, -0.25) is 4.52 Å². The zero-order valence-corrected chi connectivity index (χ0v) is 26.0. The van der Waals surface area contributed by atoms with Crippen molar-refractivity contribution in [2.24, 2.45) is 5.92 Å². The molecule has 3 atom stereocenters. The third-order valence-electron chi connectivity index (χ3n) is 6.65. The Balaban J connectivity index is 0.000000759. The van der Waals surface area contributed by atoms with Crippen LogP contribution in [0.3, 0.4) is 0 Å². The highest BCUT2D eigenvalue weighted by Gasteiger charge is 2.38. The van der Waals surface area contributed by atoms with Gasteiger partial charge in [0, 0.05) is 26.1 Å². The summed E-state index contributed by atoms with van der Waals surface area (Å²) in [5.74, 6) is 2.66. The molecule has 0 radical (unpaired) electrons. The van der Waals surface area contributed by atoms with Crippen LogP contribution in [0.1, 0.15) is 45.1 Å². The van der Waals surface area contributed by atoms with Gasteiger partial charge < -0.3 is 14.0 Å². The van der Waals surface area contributed by atoms with Gasteiger partial charge in [-0.1, -0.05) is 87.2 Å². The molecule has 0 saturated carbocycles. The van der Waals surface area contributed by atoms with Crippen molar-refractivity contribution in [2.45, 2.75) is 39.5 Å². The summed E-state index contributed by atoms with van der Waals surface area (Å²) in [6.45, 7) is 11.2. The number of methoxy groups -OCH3 is 1. The van der Waals surface area contributed by atoms with Gasteiger partial charge >= 0.3 is 7.75 Å². The Morgan fingerprint density at radius 2 is 1.44 bits per heavy atom. The SMILES string of the molecule is C=C/C=C\C.CC.COc1ccc(OCC2CCN(P(=O)(OC)Oc3ccccc3)CCC2c2ccccc2)cc1. The summed E-state index contributed by atoms with van der Waals surface area (Å²) in [4.78, 5) is 0.